The van der Waals surface area contributed by atoms with Crippen LogP contribution in [0.4, 0.5) is 10.5 Å². The Kier molecular flexibility index (Phi) is 6.95. The summed E-state index contributed by atoms with van der Waals surface area (Å²) >= 11 is 12.3. The van der Waals surface area contributed by atoms with Gasteiger partial charge in [0.15, 0.2) is 9.84 Å². The molecule has 1 aliphatic heterocycles. The van der Waals surface area contributed by atoms with Crippen LogP contribution in [-0.4, -0.2) is 14.4 Å². The van der Waals surface area contributed by atoms with Crippen molar-refractivity contribution < 1.29 is 18.5 Å². The highest BCUT2D eigenvalue weighted by Gasteiger charge is 2.19. The number of nitrogens with two attached hydrogens (primary N) is 1. The maximum absolute atomic E-state index is 12.9. The Bertz CT molecular complexity index is 1290. The molecule has 2 amide bonds. The number of carbonyl (C=O) groups excluding carboxylic acids is 1. The van der Waals surface area contributed by atoms with Crippen molar-refractivity contribution >= 4 is 44.8 Å². The summed E-state index contributed by atoms with van der Waals surface area (Å²) < 4.78 is 25.7. The molecule has 1 heterocycles. The van der Waals surface area contributed by atoms with Gasteiger partial charge < -0.3 is 16.0 Å². The lowest BCUT2D eigenvalue weighted by molar-refractivity contribution is -0.676. The van der Waals surface area contributed by atoms with Gasteiger partial charge in [0.25, 0.3) is 0 Å². The second-order valence-electron chi connectivity index (χ2n) is 8.05. The van der Waals surface area contributed by atoms with Gasteiger partial charge in [-0.25, -0.2) is 13.2 Å². The molecule has 0 saturated heterocycles. The predicted molar refractivity (Wildman–Crippen MR) is 130 cm³/mol. The zero-order chi connectivity index (χ0) is 23.6. The second kappa shape index (κ2) is 9.73. The summed E-state index contributed by atoms with van der Waals surface area (Å²) in [5, 5.41) is 8.50. The lowest BCUT2D eigenvalue weighted by Gasteiger charge is -2.17. The summed E-state index contributed by atoms with van der Waals surface area (Å²) in [6.45, 7) is 3.62. The molecular weight excluding hydrogens is 481 g/mol. The monoisotopic (exact) mass is 504 g/mol. The summed E-state index contributed by atoms with van der Waals surface area (Å²) in [5.41, 5.74) is 4.41. The van der Waals surface area contributed by atoms with Gasteiger partial charge in [0, 0.05) is 16.8 Å². The molecule has 1 atom stereocenters. The van der Waals surface area contributed by atoms with Crippen LogP contribution in [0.3, 0.4) is 0 Å². The zero-order valence-electron chi connectivity index (χ0n) is 17.9. The first-order valence-electron chi connectivity index (χ1n) is 10.5. The topological polar surface area (TPSA) is 91.9 Å². The molecule has 6 nitrogen and oxygen atoms in total. The first-order chi connectivity index (χ1) is 15.7. The van der Waals surface area contributed by atoms with Crippen LogP contribution in [0, 0.1) is 0 Å². The van der Waals surface area contributed by atoms with Crippen molar-refractivity contribution in [3.63, 3.8) is 0 Å². The standard InChI is InChI=1S/C24H23Cl2N3O3S/c1-15(21-3-2-4-22(25)23(21)26)28-24(30)29-19-7-9-20(10-8-19)33(31,32)14-16-5-6-17-12-27-13-18(17)11-16/h2-11,15,27H,12-14H2,1H3,(H2,28,29,30)/p+1/t15-/m0/s1. The van der Waals surface area contributed by atoms with E-state index in [2.05, 4.69) is 16.0 Å². The van der Waals surface area contributed by atoms with Crippen LogP contribution in [0.25, 0.3) is 0 Å². The van der Waals surface area contributed by atoms with E-state index in [1.54, 1.807) is 37.3 Å². The van der Waals surface area contributed by atoms with Crippen molar-refractivity contribution in [3.8, 4) is 0 Å². The van der Waals surface area contributed by atoms with Gasteiger partial charge in [-0.3, -0.25) is 0 Å². The summed E-state index contributed by atoms with van der Waals surface area (Å²) in [7, 11) is -3.51. The molecule has 0 aromatic heterocycles. The molecule has 33 heavy (non-hydrogen) atoms. The third kappa shape index (κ3) is 5.50. The molecule has 3 aromatic rings. The molecule has 0 aliphatic carbocycles. The molecule has 0 unspecified atom stereocenters. The number of amides is 2. The molecular formula is C24H24Cl2N3O3S+. The van der Waals surface area contributed by atoms with Gasteiger partial charge in [-0.05, 0) is 54.4 Å². The fourth-order valence-electron chi connectivity index (χ4n) is 3.89. The SMILES string of the molecule is C[C@H](NC(=O)Nc1ccc(S(=O)(=O)Cc2ccc3c(c2)C[NH2+]C3)cc1)c1cccc(Cl)c1Cl. The Labute approximate surface area is 203 Å². The zero-order valence-corrected chi connectivity index (χ0v) is 20.3. The Hall–Kier alpha value is -2.58. The lowest BCUT2D eigenvalue weighted by atomic mass is 10.1. The maximum atomic E-state index is 12.9. The van der Waals surface area contributed by atoms with Crippen molar-refractivity contribution in [1.29, 1.82) is 0 Å². The molecule has 0 spiro atoms. The minimum atomic E-state index is -3.51. The molecule has 4 N–H and O–H groups in total. The fraction of sp³-hybridized carbons (Fsp3) is 0.208. The van der Waals surface area contributed by atoms with E-state index in [0.717, 1.165) is 18.7 Å². The minimum absolute atomic E-state index is 0.0640. The van der Waals surface area contributed by atoms with E-state index in [1.165, 1.54) is 23.3 Å². The number of anilines is 1. The highest BCUT2D eigenvalue weighted by Crippen LogP contribution is 2.29. The minimum Gasteiger partial charge on any atom is -0.339 e. The highest BCUT2D eigenvalue weighted by atomic mass is 35.5. The number of nitrogens with one attached hydrogen (secondary N) is 2. The first-order valence-corrected chi connectivity index (χ1v) is 12.9. The molecule has 0 radical (unpaired) electrons. The third-order valence-corrected chi connectivity index (χ3v) is 8.16. The van der Waals surface area contributed by atoms with E-state index in [1.807, 2.05) is 18.2 Å². The van der Waals surface area contributed by atoms with E-state index in [-0.39, 0.29) is 16.7 Å². The normalized spacial score (nSPS) is 13.9. The Morgan fingerprint density at radius 2 is 1.76 bits per heavy atom. The van der Waals surface area contributed by atoms with Gasteiger partial charge in [0.2, 0.25) is 0 Å². The second-order valence-corrected chi connectivity index (χ2v) is 10.8. The van der Waals surface area contributed by atoms with Crippen LogP contribution in [0.5, 0.6) is 0 Å². The van der Waals surface area contributed by atoms with Gasteiger partial charge in [0.1, 0.15) is 13.1 Å². The smallest absolute Gasteiger partial charge is 0.319 e. The Balaban J connectivity index is 1.39. The number of fused-ring (bicyclic) bond motifs is 1. The van der Waals surface area contributed by atoms with Crippen molar-refractivity contribution in [2.24, 2.45) is 0 Å². The Morgan fingerprint density at radius 3 is 2.52 bits per heavy atom. The van der Waals surface area contributed by atoms with Crippen LogP contribution in [0.15, 0.2) is 65.6 Å². The van der Waals surface area contributed by atoms with Crippen molar-refractivity contribution in [3.05, 3.63) is 93.0 Å². The van der Waals surface area contributed by atoms with Crippen molar-refractivity contribution in [1.82, 2.24) is 5.32 Å². The highest BCUT2D eigenvalue weighted by molar-refractivity contribution is 7.90. The van der Waals surface area contributed by atoms with Gasteiger partial charge in [-0.15, -0.1) is 0 Å². The van der Waals surface area contributed by atoms with Crippen molar-refractivity contribution in [2.75, 3.05) is 5.32 Å². The molecule has 1 aliphatic rings. The average molecular weight is 505 g/mol. The molecule has 0 saturated carbocycles. The van der Waals surface area contributed by atoms with Gasteiger partial charge in [-0.2, -0.15) is 0 Å². The molecule has 0 bridgehead atoms. The number of hydrogen-bond donors (Lipinski definition) is 3. The van der Waals surface area contributed by atoms with Crippen LogP contribution >= 0.6 is 23.2 Å². The molecule has 0 fully saturated rings. The van der Waals surface area contributed by atoms with Crippen LogP contribution in [0.1, 0.15) is 35.2 Å². The first kappa shape index (κ1) is 23.6. The van der Waals surface area contributed by atoms with Gasteiger partial charge in [-0.1, -0.05) is 47.5 Å². The van der Waals surface area contributed by atoms with Crippen LogP contribution in [0.2, 0.25) is 10.0 Å². The number of benzene rings is 3. The number of quaternary nitrogens is 1. The summed E-state index contributed by atoms with van der Waals surface area (Å²) in [4.78, 5) is 12.6. The number of rotatable bonds is 6. The quantitative estimate of drug-likeness (QED) is 0.463. The van der Waals surface area contributed by atoms with E-state index >= 15 is 0 Å². The van der Waals surface area contributed by atoms with Crippen LogP contribution < -0.4 is 16.0 Å². The number of carbonyl (C=O) groups is 1. The molecule has 4 rings (SSSR count). The fourth-order valence-corrected chi connectivity index (χ4v) is 5.69. The maximum Gasteiger partial charge on any atom is 0.319 e. The number of urea groups is 1. The number of hydrogen-bond acceptors (Lipinski definition) is 3. The van der Waals surface area contributed by atoms with Crippen molar-refractivity contribution in [2.45, 2.75) is 36.7 Å². The van der Waals surface area contributed by atoms with E-state index in [9.17, 15) is 13.2 Å². The van der Waals surface area contributed by atoms with Gasteiger partial charge in [0.05, 0.1) is 26.7 Å². The average Bonchev–Trinajstić information content (AvgIpc) is 3.23. The lowest BCUT2D eigenvalue weighted by Crippen LogP contribution is -2.77. The third-order valence-electron chi connectivity index (χ3n) is 5.62. The van der Waals surface area contributed by atoms with Crippen LogP contribution in [-0.2, 0) is 28.7 Å². The largest absolute Gasteiger partial charge is 0.339 e. The van der Waals surface area contributed by atoms with E-state index in [4.69, 9.17) is 23.2 Å². The molecule has 172 valence electrons. The molecule has 9 heteroatoms. The molecule has 3 aromatic carbocycles. The van der Waals surface area contributed by atoms with E-state index < -0.39 is 15.9 Å². The number of halogens is 2. The summed E-state index contributed by atoms with van der Waals surface area (Å²) in [6.07, 6.45) is 0. The predicted octanol–water partition coefficient (Wildman–Crippen LogP) is 4.43. The van der Waals surface area contributed by atoms with E-state index in [0.29, 0.717) is 21.3 Å². The van der Waals surface area contributed by atoms with Gasteiger partial charge >= 0.3 is 6.03 Å². The Morgan fingerprint density at radius 1 is 1.03 bits per heavy atom. The summed E-state index contributed by atoms with van der Waals surface area (Å²) in [6, 6.07) is 16.4. The summed E-state index contributed by atoms with van der Waals surface area (Å²) in [5.74, 6) is -0.0640. The number of sulfone groups is 1.